The summed E-state index contributed by atoms with van der Waals surface area (Å²) in [5.41, 5.74) is 0.933. The number of benzene rings is 2. The molecule has 0 spiro atoms. The summed E-state index contributed by atoms with van der Waals surface area (Å²) >= 11 is 13.0. The van der Waals surface area contributed by atoms with Crippen molar-refractivity contribution in [1.29, 1.82) is 5.26 Å². The van der Waals surface area contributed by atoms with E-state index in [1.165, 1.54) is 0 Å². The molecule has 0 amide bonds. The summed E-state index contributed by atoms with van der Waals surface area (Å²) in [4.78, 5) is 4.18. The second-order valence-electron chi connectivity index (χ2n) is 6.13. The summed E-state index contributed by atoms with van der Waals surface area (Å²) in [5.74, 6) is -0.198. The second-order valence-corrected chi connectivity index (χ2v) is 6.95. The highest BCUT2D eigenvalue weighted by Crippen LogP contribution is 2.41. The van der Waals surface area contributed by atoms with Crippen molar-refractivity contribution in [3.05, 3.63) is 64.7 Å². The third kappa shape index (κ3) is 3.51. The van der Waals surface area contributed by atoms with E-state index in [0.29, 0.717) is 10.0 Å². The fourth-order valence-corrected chi connectivity index (χ4v) is 3.98. The maximum Gasteiger partial charge on any atom is 0.0952 e. The minimum atomic E-state index is -0.200. The molecule has 128 valence electrons. The Morgan fingerprint density at radius 1 is 1.20 bits per heavy atom. The molecule has 3 nitrogen and oxygen atoms in total. The van der Waals surface area contributed by atoms with Crippen LogP contribution in [0.25, 0.3) is 10.8 Å². The number of nitrogens with zero attached hydrogens (tertiary/aromatic N) is 3. The average molecular weight is 372 g/mol. The van der Waals surface area contributed by atoms with Gasteiger partial charge in [-0.05, 0) is 17.9 Å². The molecule has 2 aromatic carbocycles. The van der Waals surface area contributed by atoms with Crippen LogP contribution in [0.15, 0.2) is 49.1 Å². The van der Waals surface area contributed by atoms with E-state index in [9.17, 15) is 5.26 Å². The van der Waals surface area contributed by atoms with E-state index in [1.54, 1.807) is 18.6 Å². The predicted molar refractivity (Wildman–Crippen MR) is 103 cm³/mol. The van der Waals surface area contributed by atoms with Crippen LogP contribution in [0.3, 0.4) is 0 Å². The van der Waals surface area contributed by atoms with Crippen LogP contribution in [0, 0.1) is 17.2 Å². The lowest BCUT2D eigenvalue weighted by atomic mass is 9.87. The zero-order valence-corrected chi connectivity index (χ0v) is 15.5. The van der Waals surface area contributed by atoms with Crippen LogP contribution in [0.5, 0.6) is 0 Å². The van der Waals surface area contributed by atoms with Crippen LogP contribution in [0.1, 0.15) is 37.8 Å². The fourth-order valence-electron chi connectivity index (χ4n) is 3.33. The summed E-state index contributed by atoms with van der Waals surface area (Å²) in [6.45, 7) is 2.13. The Hall–Kier alpha value is -2.02. The Balaban J connectivity index is 2.24. The molecule has 0 N–H and O–H groups in total. The number of hydrogen-bond donors (Lipinski definition) is 0. The minimum absolute atomic E-state index is 0.198. The Morgan fingerprint density at radius 2 is 1.96 bits per heavy atom. The molecule has 0 saturated carbocycles. The lowest BCUT2D eigenvalue weighted by molar-refractivity contribution is 0.420. The van der Waals surface area contributed by atoms with Crippen molar-refractivity contribution >= 4 is 34.0 Å². The van der Waals surface area contributed by atoms with E-state index in [2.05, 4.69) is 18.0 Å². The summed E-state index contributed by atoms with van der Waals surface area (Å²) in [6.07, 6.45) is 8.22. The molecule has 0 bridgehead atoms. The molecule has 5 heteroatoms. The van der Waals surface area contributed by atoms with Crippen LogP contribution in [0.4, 0.5) is 0 Å². The molecule has 3 aromatic rings. The van der Waals surface area contributed by atoms with Gasteiger partial charge in [-0.2, -0.15) is 5.26 Å². The van der Waals surface area contributed by atoms with Gasteiger partial charge < -0.3 is 4.57 Å². The van der Waals surface area contributed by atoms with Gasteiger partial charge in [-0.25, -0.2) is 4.98 Å². The number of aromatic nitrogens is 2. The molecule has 0 aliphatic rings. The van der Waals surface area contributed by atoms with Crippen molar-refractivity contribution < 1.29 is 0 Å². The van der Waals surface area contributed by atoms with Gasteiger partial charge in [0.25, 0.3) is 0 Å². The van der Waals surface area contributed by atoms with Crippen molar-refractivity contribution in [3.63, 3.8) is 0 Å². The molecule has 1 aromatic heterocycles. The van der Waals surface area contributed by atoms with Gasteiger partial charge in [0.15, 0.2) is 0 Å². The molecule has 0 saturated heterocycles. The molecular formula is C20H19Cl2N3. The van der Waals surface area contributed by atoms with Crippen LogP contribution in [0.2, 0.25) is 10.0 Å². The quantitative estimate of drug-likeness (QED) is 0.512. The van der Waals surface area contributed by atoms with Gasteiger partial charge in [0.05, 0.1) is 24.4 Å². The number of imidazole rings is 1. The smallest absolute Gasteiger partial charge is 0.0952 e. The van der Waals surface area contributed by atoms with E-state index in [1.807, 2.05) is 35.0 Å². The molecule has 0 radical (unpaired) electrons. The number of unbranched alkanes of at least 4 members (excludes halogenated alkanes) is 1. The van der Waals surface area contributed by atoms with Gasteiger partial charge in [-0.1, -0.05) is 67.2 Å². The molecule has 0 aliphatic carbocycles. The molecule has 0 aliphatic heterocycles. The molecule has 25 heavy (non-hydrogen) atoms. The Labute approximate surface area is 157 Å². The Morgan fingerprint density at radius 3 is 2.60 bits per heavy atom. The maximum atomic E-state index is 9.85. The first-order valence-electron chi connectivity index (χ1n) is 8.41. The highest BCUT2D eigenvalue weighted by atomic mass is 35.5. The van der Waals surface area contributed by atoms with Crippen molar-refractivity contribution in [2.24, 2.45) is 5.92 Å². The zero-order chi connectivity index (χ0) is 17.8. The molecular weight excluding hydrogens is 353 g/mol. The van der Waals surface area contributed by atoms with Gasteiger partial charge in [0, 0.05) is 33.4 Å². The molecule has 0 fully saturated rings. The number of rotatable bonds is 6. The summed E-state index contributed by atoms with van der Waals surface area (Å²) in [5, 5.41) is 13.0. The summed E-state index contributed by atoms with van der Waals surface area (Å²) in [7, 11) is 0. The Bertz CT molecular complexity index is 897. The van der Waals surface area contributed by atoms with Gasteiger partial charge in [-0.15, -0.1) is 0 Å². The fraction of sp³-hybridized carbons (Fsp3) is 0.300. The average Bonchev–Trinajstić information content (AvgIpc) is 3.14. The van der Waals surface area contributed by atoms with E-state index in [0.717, 1.165) is 35.6 Å². The number of nitriles is 1. The van der Waals surface area contributed by atoms with Crippen LogP contribution in [-0.2, 0) is 0 Å². The van der Waals surface area contributed by atoms with Crippen molar-refractivity contribution in [3.8, 4) is 6.07 Å². The third-order valence-electron chi connectivity index (χ3n) is 4.54. The molecule has 2 unspecified atom stereocenters. The molecule has 2 atom stereocenters. The van der Waals surface area contributed by atoms with E-state index < -0.39 is 0 Å². The number of hydrogen-bond acceptors (Lipinski definition) is 2. The van der Waals surface area contributed by atoms with Crippen LogP contribution < -0.4 is 0 Å². The topological polar surface area (TPSA) is 41.6 Å². The Kier molecular flexibility index (Phi) is 5.63. The SMILES string of the molecule is CCCCC(C#N)C(c1c(Cl)cc(Cl)c2ccccc12)n1ccnc1. The zero-order valence-electron chi connectivity index (χ0n) is 14.0. The lowest BCUT2D eigenvalue weighted by Gasteiger charge is -2.26. The third-order valence-corrected chi connectivity index (χ3v) is 5.17. The highest BCUT2D eigenvalue weighted by Gasteiger charge is 2.28. The second kappa shape index (κ2) is 7.91. The van der Waals surface area contributed by atoms with Gasteiger partial charge >= 0.3 is 0 Å². The number of halogens is 2. The first kappa shape index (κ1) is 17.8. The van der Waals surface area contributed by atoms with E-state index >= 15 is 0 Å². The largest absolute Gasteiger partial charge is 0.329 e. The predicted octanol–water partition coefficient (Wildman–Crippen LogP) is 6.26. The van der Waals surface area contributed by atoms with Crippen molar-refractivity contribution in [2.45, 2.75) is 32.2 Å². The monoisotopic (exact) mass is 371 g/mol. The highest BCUT2D eigenvalue weighted by molar-refractivity contribution is 6.39. The molecule has 1 heterocycles. The van der Waals surface area contributed by atoms with Crippen LogP contribution in [-0.4, -0.2) is 9.55 Å². The maximum absolute atomic E-state index is 9.85. The van der Waals surface area contributed by atoms with Crippen molar-refractivity contribution in [2.75, 3.05) is 0 Å². The van der Waals surface area contributed by atoms with Gasteiger partial charge in [0.2, 0.25) is 0 Å². The van der Waals surface area contributed by atoms with Crippen molar-refractivity contribution in [1.82, 2.24) is 9.55 Å². The van der Waals surface area contributed by atoms with E-state index in [4.69, 9.17) is 23.2 Å². The summed E-state index contributed by atoms with van der Waals surface area (Å²) in [6, 6.07) is 12.0. The lowest BCUT2D eigenvalue weighted by Crippen LogP contribution is -2.20. The summed E-state index contributed by atoms with van der Waals surface area (Å²) < 4.78 is 1.98. The van der Waals surface area contributed by atoms with Gasteiger partial charge in [0.1, 0.15) is 0 Å². The minimum Gasteiger partial charge on any atom is -0.329 e. The number of fused-ring (bicyclic) bond motifs is 1. The normalized spacial score (nSPS) is 13.5. The standard InChI is InChI=1S/C20H19Cl2N3/c1-2-3-6-14(12-23)20(25-10-9-24-13-25)19-16-8-5-4-7-15(16)17(21)11-18(19)22/h4-5,7-11,13-14,20H,2-3,6H2,1H3. The first-order valence-corrected chi connectivity index (χ1v) is 9.16. The first-order chi connectivity index (χ1) is 12.2. The van der Waals surface area contributed by atoms with Crippen LogP contribution >= 0.6 is 23.2 Å². The van der Waals surface area contributed by atoms with Gasteiger partial charge in [-0.3, -0.25) is 0 Å². The van der Waals surface area contributed by atoms with E-state index in [-0.39, 0.29) is 12.0 Å². The molecule has 3 rings (SSSR count).